The van der Waals surface area contributed by atoms with Crippen LogP contribution in [0.15, 0.2) is 243 Å². The Balaban J connectivity index is 0.0000000952. The second kappa shape index (κ2) is 18.5. The molecule has 450 valence electrons. The fourth-order valence-electron chi connectivity index (χ4n) is 18.3. The molecule has 0 atom stereocenters. The van der Waals surface area contributed by atoms with Crippen LogP contribution in [0.4, 0.5) is 0 Å². The van der Waals surface area contributed by atoms with Crippen LogP contribution < -0.4 is 27.9 Å². The molecule has 0 spiro atoms. The van der Waals surface area contributed by atoms with Gasteiger partial charge in [-0.2, -0.15) is 13.7 Å². The van der Waals surface area contributed by atoms with Gasteiger partial charge >= 0.3 is 0 Å². The lowest BCUT2D eigenvalue weighted by Gasteiger charge is -2.22. The first kappa shape index (κ1) is 53.3. The predicted octanol–water partition coefficient (Wildman–Crippen LogP) is 20.6. The summed E-state index contributed by atoms with van der Waals surface area (Å²) in [5, 5.41) is 26.7. The van der Waals surface area contributed by atoms with Gasteiger partial charge in [0.25, 0.3) is 20.2 Å². The van der Waals surface area contributed by atoms with Crippen molar-refractivity contribution in [1.82, 2.24) is 0 Å². The Morgan fingerprint density at radius 2 is 0.653 bits per heavy atom. The molecule has 0 N–H and O–H groups in total. The minimum atomic E-state index is -0.114. The molecule has 0 fully saturated rings. The standard InChI is InChI=1S/2C31H22NO.C27H20NO/c1-31(2)24-15-20-12-11-19-8-4-6-10-22(19)27(20)30-28(24)29-25(31)16-23-21-9-5-3-7-18(21)13-14-26(23)32(29)17-33-30;1-31(2)25-15-21-12-11-18-7-5-6-10-23(18)26(21)30-27(25)29-28(31)24-14-20-9-4-3-8-19(20)13-22(24)16-32(29)17-33-30;1-27(2)21-13-17-12-11-16-7-3-5-9-19(16)22(17)26-23(21)25-24(27)20-10-6-4-8-18(20)14-28(25)15-29-26/h2*3-16H,17H2,1-2H3;3-14H,15H2,1-2H3/q3*+1. The lowest BCUT2D eigenvalue weighted by Crippen LogP contribution is -2.43. The van der Waals surface area contributed by atoms with Crippen LogP contribution in [0, 0.1) is 0 Å². The molecule has 3 aliphatic heterocycles. The molecular formula is C89H64N3O3+3. The van der Waals surface area contributed by atoms with Crippen molar-refractivity contribution >= 4 is 119 Å². The Morgan fingerprint density at radius 3 is 1.18 bits per heavy atom. The van der Waals surface area contributed by atoms with E-state index in [0.29, 0.717) is 20.2 Å². The van der Waals surface area contributed by atoms with E-state index in [1.165, 1.54) is 186 Å². The maximum absolute atomic E-state index is 6.66. The molecule has 0 amide bonds. The first-order valence-electron chi connectivity index (χ1n) is 33.5. The minimum absolute atomic E-state index is 0.0738. The Kier molecular flexibility index (Phi) is 10.4. The van der Waals surface area contributed by atoms with Gasteiger partial charge in [-0.3, -0.25) is 0 Å². The smallest absolute Gasteiger partial charge is 0.293 e. The highest BCUT2D eigenvalue weighted by Gasteiger charge is 2.51. The van der Waals surface area contributed by atoms with Crippen LogP contribution in [0.5, 0.6) is 17.2 Å². The number of pyridine rings is 3. The van der Waals surface area contributed by atoms with Crippen molar-refractivity contribution in [2.45, 2.75) is 78.0 Å². The number of aromatic nitrogens is 3. The summed E-state index contributed by atoms with van der Waals surface area (Å²) in [6.07, 6.45) is 4.53. The number of ether oxygens (including phenoxy) is 3. The Hall–Kier alpha value is -11.2. The molecular weight excluding hydrogens is 1160 g/mol. The van der Waals surface area contributed by atoms with E-state index in [0.717, 1.165) is 17.2 Å². The van der Waals surface area contributed by atoms with Crippen molar-refractivity contribution in [2.24, 2.45) is 0 Å². The van der Waals surface area contributed by atoms with Crippen molar-refractivity contribution in [2.75, 3.05) is 0 Å². The van der Waals surface area contributed by atoms with Crippen LogP contribution in [-0.2, 0) is 36.4 Å². The first-order chi connectivity index (χ1) is 46.4. The molecule has 14 aromatic carbocycles. The summed E-state index contributed by atoms with van der Waals surface area (Å²) in [7, 11) is 0. The SMILES string of the molecule is CC1(C)c2cc3ccc4ccccc4c3c3c2-c2c1c1cc4ccccc4cc1c[n+]2CO3.CC1(C)c2cc3ccc4ccccc4c3c3c2-c2c1c1ccccc1c[n+]2CO3.CC1(C)c2cc3ccc4ccccc4c3c3c2-c2c1cc1c4ccccc4ccc1[n+]2CO3. The molecule has 6 heterocycles. The first-order valence-corrected chi connectivity index (χ1v) is 33.5. The molecule has 0 radical (unpaired) electrons. The monoisotopic (exact) mass is 1220 g/mol. The van der Waals surface area contributed by atoms with Gasteiger partial charge < -0.3 is 14.2 Å². The number of fused-ring (bicyclic) bond motifs is 21. The molecule has 6 aliphatic rings. The van der Waals surface area contributed by atoms with Crippen LogP contribution in [0.3, 0.4) is 0 Å². The topological polar surface area (TPSA) is 39.3 Å². The maximum Gasteiger partial charge on any atom is 0.293 e. The van der Waals surface area contributed by atoms with E-state index in [4.69, 9.17) is 14.2 Å². The highest BCUT2D eigenvalue weighted by Crippen LogP contribution is 2.60. The third kappa shape index (κ3) is 7.00. The third-order valence-electron chi connectivity index (χ3n) is 22.7. The summed E-state index contributed by atoms with van der Waals surface area (Å²) in [6.45, 7) is 15.8. The van der Waals surface area contributed by atoms with E-state index in [-0.39, 0.29) is 16.2 Å². The fourth-order valence-corrected chi connectivity index (χ4v) is 18.3. The maximum atomic E-state index is 6.66. The van der Waals surface area contributed by atoms with E-state index >= 15 is 0 Å². The van der Waals surface area contributed by atoms with Gasteiger partial charge in [0.05, 0.1) is 22.1 Å². The van der Waals surface area contributed by atoms with Gasteiger partial charge in [-0.05, 0) is 146 Å². The van der Waals surface area contributed by atoms with E-state index in [2.05, 4.69) is 298 Å². The summed E-state index contributed by atoms with van der Waals surface area (Å²) in [6, 6.07) is 84.3. The van der Waals surface area contributed by atoms with E-state index in [9.17, 15) is 0 Å². The fraction of sp³-hybridized carbons (Fsp3) is 0.135. The van der Waals surface area contributed by atoms with Crippen molar-refractivity contribution in [3.05, 3.63) is 276 Å². The summed E-state index contributed by atoms with van der Waals surface area (Å²) < 4.78 is 26.8. The number of hydrogen-bond acceptors (Lipinski definition) is 3. The minimum Gasteiger partial charge on any atom is -0.434 e. The van der Waals surface area contributed by atoms with Crippen molar-refractivity contribution in [3.8, 4) is 51.0 Å². The summed E-state index contributed by atoms with van der Waals surface area (Å²) >= 11 is 0. The lowest BCUT2D eigenvalue weighted by atomic mass is 9.79. The van der Waals surface area contributed by atoms with Crippen LogP contribution in [0.2, 0.25) is 0 Å². The molecule has 0 unspecified atom stereocenters. The third-order valence-corrected chi connectivity index (χ3v) is 22.7. The highest BCUT2D eigenvalue weighted by molar-refractivity contribution is 6.18. The van der Waals surface area contributed by atoms with Crippen molar-refractivity contribution in [3.63, 3.8) is 0 Å². The van der Waals surface area contributed by atoms with Gasteiger partial charge in [-0.1, -0.05) is 217 Å². The molecule has 23 rings (SSSR count). The van der Waals surface area contributed by atoms with Gasteiger partial charge in [0.15, 0.2) is 12.4 Å². The van der Waals surface area contributed by atoms with Gasteiger partial charge in [0, 0.05) is 65.9 Å². The van der Waals surface area contributed by atoms with E-state index in [1.54, 1.807) is 0 Å². The highest BCUT2D eigenvalue weighted by atomic mass is 16.5. The van der Waals surface area contributed by atoms with E-state index < -0.39 is 0 Å². The van der Waals surface area contributed by atoms with Gasteiger partial charge in [-0.15, -0.1) is 0 Å². The second-order valence-electron chi connectivity index (χ2n) is 28.8. The zero-order chi connectivity index (χ0) is 63.1. The largest absolute Gasteiger partial charge is 0.434 e. The molecule has 0 saturated carbocycles. The van der Waals surface area contributed by atoms with Crippen LogP contribution in [0.25, 0.3) is 152 Å². The van der Waals surface area contributed by atoms with Crippen LogP contribution >= 0.6 is 0 Å². The molecule has 17 aromatic rings. The number of hydrogen-bond donors (Lipinski definition) is 0. The number of rotatable bonds is 0. The van der Waals surface area contributed by atoms with Crippen molar-refractivity contribution < 1.29 is 27.9 Å². The zero-order valence-electron chi connectivity index (χ0n) is 53.8. The van der Waals surface area contributed by atoms with Crippen LogP contribution in [-0.4, -0.2) is 0 Å². The zero-order valence-corrected chi connectivity index (χ0v) is 53.8. The predicted molar refractivity (Wildman–Crippen MR) is 387 cm³/mol. The molecule has 6 heteroatoms. The molecule has 3 aromatic heterocycles. The van der Waals surface area contributed by atoms with Crippen LogP contribution in [0.1, 0.15) is 74.9 Å². The van der Waals surface area contributed by atoms with Crippen molar-refractivity contribution in [1.29, 1.82) is 0 Å². The molecule has 3 aliphatic carbocycles. The number of benzene rings is 14. The number of nitrogens with zero attached hydrogens (tertiary/aromatic N) is 3. The quantitative estimate of drug-likeness (QED) is 0.0863. The van der Waals surface area contributed by atoms with Gasteiger partial charge in [-0.25, -0.2) is 0 Å². The lowest BCUT2D eigenvalue weighted by molar-refractivity contribution is -0.716. The molecule has 6 nitrogen and oxygen atoms in total. The normalized spacial score (nSPS) is 15.4. The van der Waals surface area contributed by atoms with Gasteiger partial charge in [0.2, 0.25) is 22.6 Å². The summed E-state index contributed by atoms with van der Waals surface area (Å²) in [5.41, 5.74) is 17.1. The average molecular weight is 1220 g/mol. The molecule has 0 bridgehead atoms. The Morgan fingerprint density at radius 1 is 0.274 bits per heavy atom. The summed E-state index contributed by atoms with van der Waals surface area (Å²) in [4.78, 5) is 0. The van der Waals surface area contributed by atoms with Gasteiger partial charge in [0.1, 0.15) is 17.2 Å². The molecule has 95 heavy (non-hydrogen) atoms. The Labute approximate surface area is 548 Å². The van der Waals surface area contributed by atoms with E-state index in [1.807, 2.05) is 0 Å². The molecule has 0 saturated heterocycles. The Bertz CT molecular complexity index is 6390. The summed E-state index contributed by atoms with van der Waals surface area (Å²) in [5.74, 6) is 3.15. The average Bonchev–Trinajstić information content (AvgIpc) is 1.56. The second-order valence-corrected chi connectivity index (χ2v) is 28.8.